The average Bonchev–Trinajstić information content (AvgIpc) is 2.71. The zero-order valence-corrected chi connectivity index (χ0v) is 16.8. The highest BCUT2D eigenvalue weighted by Gasteiger charge is 2.42. The van der Waals surface area contributed by atoms with Crippen molar-refractivity contribution in [1.82, 2.24) is 0 Å². The van der Waals surface area contributed by atoms with Crippen LogP contribution < -0.4 is 0 Å². The van der Waals surface area contributed by atoms with Crippen molar-refractivity contribution in [1.29, 1.82) is 0 Å². The molecular weight excluding hydrogens is 376 g/mol. The van der Waals surface area contributed by atoms with Gasteiger partial charge in [0.1, 0.15) is 11.5 Å². The summed E-state index contributed by atoms with van der Waals surface area (Å²) < 4.78 is 17.5. The molecule has 6 heteroatoms. The molecule has 0 spiro atoms. The van der Waals surface area contributed by atoms with Crippen molar-refractivity contribution >= 4 is 23.7 Å². The van der Waals surface area contributed by atoms with Gasteiger partial charge in [-0.1, -0.05) is 43.3 Å². The van der Waals surface area contributed by atoms with E-state index in [0.29, 0.717) is 17.5 Å². The zero-order chi connectivity index (χ0) is 19.9. The number of hydrogen-bond donors (Lipinski definition) is 0. The van der Waals surface area contributed by atoms with Crippen LogP contribution in [0.4, 0.5) is 0 Å². The highest BCUT2D eigenvalue weighted by Crippen LogP contribution is 2.32. The zero-order valence-electron chi connectivity index (χ0n) is 15.9. The lowest BCUT2D eigenvalue weighted by Crippen LogP contribution is -2.50. The minimum atomic E-state index is -0.679. The van der Waals surface area contributed by atoms with Crippen LogP contribution >= 0.6 is 11.8 Å². The molecule has 0 N–H and O–H groups in total. The number of hydrogen-bond acceptors (Lipinski definition) is 6. The van der Waals surface area contributed by atoms with Crippen molar-refractivity contribution in [2.24, 2.45) is 0 Å². The minimum absolute atomic E-state index is 0.107. The molecule has 2 aromatic rings. The Morgan fingerprint density at radius 3 is 2.04 bits per heavy atom. The van der Waals surface area contributed by atoms with Gasteiger partial charge in [-0.05, 0) is 36.9 Å². The van der Waals surface area contributed by atoms with E-state index in [1.54, 1.807) is 48.5 Å². The summed E-state index contributed by atoms with van der Waals surface area (Å²) in [7, 11) is 0. The molecule has 0 amide bonds. The van der Waals surface area contributed by atoms with Gasteiger partial charge < -0.3 is 14.2 Å². The molecule has 148 valence electrons. The quantitative estimate of drug-likeness (QED) is 0.673. The van der Waals surface area contributed by atoms with E-state index < -0.39 is 29.6 Å². The predicted octanol–water partition coefficient (Wildman–Crippen LogP) is 4.33. The molecule has 0 unspecified atom stereocenters. The van der Waals surface area contributed by atoms with Gasteiger partial charge in [0.05, 0.1) is 17.2 Å². The molecule has 0 aromatic heterocycles. The first-order chi connectivity index (χ1) is 13.6. The van der Waals surface area contributed by atoms with Crippen molar-refractivity contribution in [3.63, 3.8) is 0 Å². The average molecular weight is 400 g/mol. The topological polar surface area (TPSA) is 61.8 Å². The lowest BCUT2D eigenvalue weighted by atomic mass is 10.0. The molecule has 1 aliphatic heterocycles. The van der Waals surface area contributed by atoms with Gasteiger partial charge in [0, 0.05) is 6.42 Å². The Hall–Kier alpha value is -2.31. The van der Waals surface area contributed by atoms with Crippen molar-refractivity contribution < 1.29 is 23.8 Å². The SMILES string of the molecule is CCS[C@@H]1O[C@@H](C)C[C@@H](OC(=O)c2ccccc2)[C@H]1OC(=O)c1ccccc1. The number of carbonyl (C=O) groups excluding carboxylic acids is 2. The van der Waals surface area contributed by atoms with Crippen molar-refractivity contribution in [2.75, 3.05) is 5.75 Å². The summed E-state index contributed by atoms with van der Waals surface area (Å²) in [5, 5.41) is 0. The fourth-order valence-electron chi connectivity index (χ4n) is 3.09. The first-order valence-electron chi connectivity index (χ1n) is 9.37. The van der Waals surface area contributed by atoms with E-state index in [0.717, 1.165) is 5.75 Å². The molecule has 2 aromatic carbocycles. The monoisotopic (exact) mass is 400 g/mol. The summed E-state index contributed by atoms with van der Waals surface area (Å²) in [6.07, 6.45) is -0.898. The molecule has 4 atom stereocenters. The number of ether oxygens (including phenoxy) is 3. The molecule has 28 heavy (non-hydrogen) atoms. The third-order valence-corrected chi connectivity index (χ3v) is 5.46. The first kappa shape index (κ1) is 20.4. The van der Waals surface area contributed by atoms with Crippen LogP contribution in [0.25, 0.3) is 0 Å². The molecule has 0 saturated carbocycles. The van der Waals surface area contributed by atoms with Crippen LogP contribution in [0.15, 0.2) is 60.7 Å². The highest BCUT2D eigenvalue weighted by atomic mass is 32.2. The van der Waals surface area contributed by atoms with Crippen LogP contribution in [0.3, 0.4) is 0 Å². The number of thioether (sulfide) groups is 1. The lowest BCUT2D eigenvalue weighted by molar-refractivity contribution is -0.137. The molecular formula is C22H24O5S. The maximum atomic E-state index is 12.6. The van der Waals surface area contributed by atoms with Crippen LogP contribution in [-0.2, 0) is 14.2 Å². The van der Waals surface area contributed by atoms with Crippen molar-refractivity contribution in [3.05, 3.63) is 71.8 Å². The van der Waals surface area contributed by atoms with Gasteiger partial charge in [0.15, 0.2) is 6.10 Å². The van der Waals surface area contributed by atoms with Crippen molar-refractivity contribution in [3.8, 4) is 0 Å². The van der Waals surface area contributed by atoms with Gasteiger partial charge in [0.2, 0.25) is 0 Å². The van der Waals surface area contributed by atoms with Gasteiger partial charge in [0.25, 0.3) is 0 Å². The summed E-state index contributed by atoms with van der Waals surface area (Å²) in [4.78, 5) is 25.2. The van der Waals surface area contributed by atoms with Gasteiger partial charge >= 0.3 is 11.9 Å². The molecule has 5 nitrogen and oxygen atoms in total. The fourth-order valence-corrected chi connectivity index (χ4v) is 4.11. The normalized spacial score (nSPS) is 24.4. The molecule has 1 heterocycles. The Balaban J connectivity index is 1.79. The van der Waals surface area contributed by atoms with E-state index in [4.69, 9.17) is 14.2 Å². The smallest absolute Gasteiger partial charge is 0.338 e. The maximum Gasteiger partial charge on any atom is 0.338 e. The van der Waals surface area contributed by atoms with Gasteiger partial charge in [-0.25, -0.2) is 9.59 Å². The second kappa shape index (κ2) is 9.75. The minimum Gasteiger partial charge on any atom is -0.455 e. The lowest BCUT2D eigenvalue weighted by Gasteiger charge is -2.39. The standard InChI is InChI=1S/C22H24O5S/c1-3-28-22-19(27-21(24)17-12-8-5-9-13-17)18(14-15(2)25-22)26-20(23)16-10-6-4-7-11-16/h4-13,15,18-19,22H,3,14H2,1-2H3/t15-,18+,19+,22-/m0/s1. The van der Waals surface area contributed by atoms with Gasteiger partial charge in [-0.2, -0.15) is 0 Å². The maximum absolute atomic E-state index is 12.6. The van der Waals surface area contributed by atoms with E-state index in [-0.39, 0.29) is 6.10 Å². The molecule has 3 rings (SSSR count). The number of benzene rings is 2. The number of esters is 2. The van der Waals surface area contributed by atoms with E-state index in [1.807, 2.05) is 26.0 Å². The largest absolute Gasteiger partial charge is 0.455 e. The van der Waals surface area contributed by atoms with Crippen LogP contribution in [0.5, 0.6) is 0 Å². The second-order valence-electron chi connectivity index (χ2n) is 6.55. The second-order valence-corrected chi connectivity index (χ2v) is 7.93. The predicted molar refractivity (Wildman–Crippen MR) is 108 cm³/mol. The molecule has 0 aliphatic carbocycles. The first-order valence-corrected chi connectivity index (χ1v) is 10.4. The summed E-state index contributed by atoms with van der Waals surface area (Å²) in [6.45, 7) is 3.94. The molecule has 1 fully saturated rings. The third kappa shape index (κ3) is 5.14. The van der Waals surface area contributed by atoms with E-state index in [1.165, 1.54) is 11.8 Å². The van der Waals surface area contributed by atoms with Crippen LogP contribution in [0.1, 0.15) is 41.0 Å². The highest BCUT2D eigenvalue weighted by molar-refractivity contribution is 7.99. The summed E-state index contributed by atoms with van der Waals surface area (Å²) in [5.41, 5.74) is 0.527. The Morgan fingerprint density at radius 2 is 1.50 bits per heavy atom. The molecule has 1 saturated heterocycles. The van der Waals surface area contributed by atoms with Crippen LogP contribution in [-0.4, -0.2) is 41.4 Å². The summed E-state index contributed by atoms with van der Waals surface area (Å²) in [5.74, 6) is -0.0947. The fraction of sp³-hybridized carbons (Fsp3) is 0.364. The number of rotatable bonds is 6. The van der Waals surface area contributed by atoms with Gasteiger partial charge in [-0.3, -0.25) is 0 Å². The summed E-state index contributed by atoms with van der Waals surface area (Å²) in [6, 6.07) is 17.6. The van der Waals surface area contributed by atoms with E-state index in [2.05, 4.69) is 0 Å². The molecule has 0 radical (unpaired) electrons. The Bertz CT molecular complexity index is 780. The van der Waals surface area contributed by atoms with Crippen LogP contribution in [0, 0.1) is 0 Å². The Labute approximate surface area is 169 Å². The van der Waals surface area contributed by atoms with Crippen molar-refractivity contribution in [2.45, 2.75) is 44.0 Å². The Kier molecular flexibility index (Phi) is 7.12. The molecule has 0 bridgehead atoms. The summed E-state index contributed by atoms with van der Waals surface area (Å²) >= 11 is 1.54. The van der Waals surface area contributed by atoms with Crippen LogP contribution in [0.2, 0.25) is 0 Å². The van der Waals surface area contributed by atoms with E-state index in [9.17, 15) is 9.59 Å². The number of carbonyl (C=O) groups is 2. The van der Waals surface area contributed by atoms with E-state index >= 15 is 0 Å². The molecule has 1 aliphatic rings. The third-order valence-electron chi connectivity index (χ3n) is 4.42. The Morgan fingerprint density at radius 1 is 0.964 bits per heavy atom. The van der Waals surface area contributed by atoms with Gasteiger partial charge in [-0.15, -0.1) is 11.8 Å².